The quantitative estimate of drug-likeness (QED) is 0.288. The second-order valence-electron chi connectivity index (χ2n) is 4.99. The van der Waals surface area contributed by atoms with Crippen molar-refractivity contribution in [2.45, 2.75) is 52.1 Å². The van der Waals surface area contributed by atoms with E-state index >= 15 is 0 Å². The van der Waals surface area contributed by atoms with Gasteiger partial charge in [0.05, 0.1) is 39.6 Å². The van der Waals surface area contributed by atoms with Gasteiger partial charge >= 0.3 is 0 Å². The third kappa shape index (κ3) is 13.8. The summed E-state index contributed by atoms with van der Waals surface area (Å²) in [5.74, 6) is 0. The molecule has 0 heterocycles. The largest absolute Gasteiger partial charge is 0.394 e. The molecule has 140 valence electrons. The van der Waals surface area contributed by atoms with Crippen LogP contribution in [0.25, 0.3) is 0 Å². The number of rotatable bonds is 18. The van der Waals surface area contributed by atoms with Crippen molar-refractivity contribution >= 4 is 0 Å². The average molecular weight is 338 g/mol. The number of aliphatic hydroxyl groups is 2. The van der Waals surface area contributed by atoms with Crippen LogP contribution in [-0.4, -0.2) is 75.6 Å². The van der Waals surface area contributed by atoms with Crippen LogP contribution < -0.4 is 0 Å². The molecule has 7 nitrogen and oxygen atoms in total. The second-order valence-corrected chi connectivity index (χ2v) is 4.99. The fraction of sp³-hybridized carbons (Fsp3) is 1.00. The van der Waals surface area contributed by atoms with Crippen LogP contribution in [0.4, 0.5) is 0 Å². The molecule has 0 aliphatic carbocycles. The molecular weight excluding hydrogens is 304 g/mol. The van der Waals surface area contributed by atoms with Crippen LogP contribution >= 0.6 is 0 Å². The maximum atomic E-state index is 8.93. The SMILES string of the molecule is CCCCOCCOC(OCCO)C(OCCO)OCCCC. The molecule has 0 aromatic heterocycles. The zero-order valence-corrected chi connectivity index (χ0v) is 14.6. The Bertz CT molecular complexity index is 228. The van der Waals surface area contributed by atoms with E-state index in [2.05, 4.69) is 13.8 Å². The first-order valence-electron chi connectivity index (χ1n) is 8.55. The molecule has 0 aliphatic heterocycles. The van der Waals surface area contributed by atoms with Gasteiger partial charge in [-0.05, 0) is 12.8 Å². The lowest BCUT2D eigenvalue weighted by Gasteiger charge is -2.27. The van der Waals surface area contributed by atoms with Gasteiger partial charge in [-0.15, -0.1) is 0 Å². The smallest absolute Gasteiger partial charge is 0.209 e. The highest BCUT2D eigenvalue weighted by molar-refractivity contribution is 4.54. The van der Waals surface area contributed by atoms with Gasteiger partial charge in [0.1, 0.15) is 0 Å². The molecule has 23 heavy (non-hydrogen) atoms. The molecule has 0 saturated heterocycles. The first-order chi connectivity index (χ1) is 11.3. The number of aliphatic hydroxyl groups excluding tert-OH is 2. The molecule has 2 atom stereocenters. The van der Waals surface area contributed by atoms with Crippen molar-refractivity contribution in [2.24, 2.45) is 0 Å². The summed E-state index contributed by atoms with van der Waals surface area (Å²) in [6, 6.07) is 0. The average Bonchev–Trinajstić information content (AvgIpc) is 2.57. The number of hydrogen-bond donors (Lipinski definition) is 2. The minimum Gasteiger partial charge on any atom is -0.394 e. The van der Waals surface area contributed by atoms with E-state index < -0.39 is 12.6 Å². The van der Waals surface area contributed by atoms with Crippen LogP contribution in [0.1, 0.15) is 39.5 Å². The van der Waals surface area contributed by atoms with Gasteiger partial charge in [0.15, 0.2) is 0 Å². The maximum absolute atomic E-state index is 8.93. The predicted molar refractivity (Wildman–Crippen MR) is 86.2 cm³/mol. The molecule has 0 aromatic carbocycles. The third-order valence-corrected chi connectivity index (χ3v) is 2.90. The third-order valence-electron chi connectivity index (χ3n) is 2.90. The van der Waals surface area contributed by atoms with Gasteiger partial charge in [-0.2, -0.15) is 0 Å². The normalized spacial score (nSPS) is 14.1. The van der Waals surface area contributed by atoms with Crippen molar-refractivity contribution in [3.8, 4) is 0 Å². The Morgan fingerprint density at radius 1 is 0.609 bits per heavy atom. The van der Waals surface area contributed by atoms with E-state index in [0.717, 1.165) is 25.7 Å². The Hall–Kier alpha value is -0.280. The molecule has 0 aliphatic rings. The molecule has 2 unspecified atom stereocenters. The highest BCUT2D eigenvalue weighted by Crippen LogP contribution is 2.10. The number of hydrogen-bond acceptors (Lipinski definition) is 7. The van der Waals surface area contributed by atoms with Gasteiger partial charge in [-0.3, -0.25) is 0 Å². The van der Waals surface area contributed by atoms with Gasteiger partial charge in [0.25, 0.3) is 0 Å². The topological polar surface area (TPSA) is 86.6 Å². The molecule has 0 bridgehead atoms. The Morgan fingerprint density at radius 2 is 1.09 bits per heavy atom. The lowest BCUT2D eigenvalue weighted by Crippen LogP contribution is -2.38. The molecule has 0 rings (SSSR count). The van der Waals surface area contributed by atoms with Crippen molar-refractivity contribution in [3.63, 3.8) is 0 Å². The minimum atomic E-state index is -0.764. The first-order valence-corrected chi connectivity index (χ1v) is 8.55. The molecule has 0 aromatic rings. The number of unbranched alkanes of at least 4 members (excludes halogenated alkanes) is 2. The Balaban J connectivity index is 4.26. The van der Waals surface area contributed by atoms with Gasteiger partial charge in [-0.1, -0.05) is 26.7 Å². The molecule has 0 fully saturated rings. The van der Waals surface area contributed by atoms with E-state index in [1.165, 1.54) is 0 Å². The lowest BCUT2D eigenvalue weighted by molar-refractivity contribution is -0.290. The number of ether oxygens (including phenoxy) is 5. The summed E-state index contributed by atoms with van der Waals surface area (Å²) in [5, 5.41) is 17.8. The summed E-state index contributed by atoms with van der Waals surface area (Å²) in [4.78, 5) is 0. The van der Waals surface area contributed by atoms with Crippen molar-refractivity contribution in [3.05, 3.63) is 0 Å². The zero-order valence-electron chi connectivity index (χ0n) is 14.6. The lowest BCUT2D eigenvalue weighted by atomic mass is 10.4. The van der Waals surface area contributed by atoms with Crippen molar-refractivity contribution in [2.75, 3.05) is 52.9 Å². The molecular formula is C16H34O7. The van der Waals surface area contributed by atoms with E-state index in [0.29, 0.717) is 26.4 Å². The standard InChI is InChI=1S/C16H34O7/c1-3-5-9-19-13-14-23-16(22-12-8-18)15(21-11-7-17)20-10-6-4-2/h15-18H,3-14H2,1-2H3. The second kappa shape index (κ2) is 18.1. The van der Waals surface area contributed by atoms with E-state index in [4.69, 9.17) is 33.9 Å². The highest BCUT2D eigenvalue weighted by atomic mass is 16.8. The van der Waals surface area contributed by atoms with Crippen LogP contribution in [0.5, 0.6) is 0 Å². The molecule has 2 N–H and O–H groups in total. The maximum Gasteiger partial charge on any atom is 0.209 e. The van der Waals surface area contributed by atoms with Crippen molar-refractivity contribution < 1.29 is 33.9 Å². The fourth-order valence-electron chi connectivity index (χ4n) is 1.66. The van der Waals surface area contributed by atoms with Gasteiger partial charge in [-0.25, -0.2) is 0 Å². The summed E-state index contributed by atoms with van der Waals surface area (Å²) >= 11 is 0. The van der Waals surface area contributed by atoms with E-state index in [1.807, 2.05) is 0 Å². The van der Waals surface area contributed by atoms with Crippen molar-refractivity contribution in [1.82, 2.24) is 0 Å². The summed E-state index contributed by atoms with van der Waals surface area (Å²) < 4.78 is 27.6. The van der Waals surface area contributed by atoms with Crippen LogP contribution in [0.2, 0.25) is 0 Å². The first kappa shape index (κ1) is 22.7. The van der Waals surface area contributed by atoms with Crippen LogP contribution in [-0.2, 0) is 23.7 Å². The Morgan fingerprint density at radius 3 is 1.61 bits per heavy atom. The van der Waals surface area contributed by atoms with Crippen LogP contribution in [0.3, 0.4) is 0 Å². The summed E-state index contributed by atoms with van der Waals surface area (Å²) in [5.41, 5.74) is 0. The van der Waals surface area contributed by atoms with Crippen molar-refractivity contribution in [1.29, 1.82) is 0 Å². The molecule has 0 spiro atoms. The van der Waals surface area contributed by atoms with Gasteiger partial charge in [0, 0.05) is 13.2 Å². The molecule has 0 amide bonds. The summed E-state index contributed by atoms with van der Waals surface area (Å²) in [6.45, 7) is 6.23. The Labute approximate surface area is 139 Å². The predicted octanol–water partition coefficient (Wildman–Crippen LogP) is 1.31. The van der Waals surface area contributed by atoms with E-state index in [9.17, 15) is 0 Å². The highest BCUT2D eigenvalue weighted by Gasteiger charge is 2.24. The van der Waals surface area contributed by atoms with E-state index in [-0.39, 0.29) is 26.4 Å². The van der Waals surface area contributed by atoms with Gasteiger partial charge < -0.3 is 33.9 Å². The fourth-order valence-corrected chi connectivity index (χ4v) is 1.66. The summed E-state index contributed by atoms with van der Waals surface area (Å²) in [7, 11) is 0. The Kier molecular flexibility index (Phi) is 17.8. The molecule has 0 saturated carbocycles. The molecule has 0 radical (unpaired) electrons. The molecule has 7 heteroatoms. The van der Waals surface area contributed by atoms with Gasteiger partial charge in [0.2, 0.25) is 12.6 Å². The zero-order chi connectivity index (χ0) is 17.2. The van der Waals surface area contributed by atoms with E-state index in [1.54, 1.807) is 0 Å². The van der Waals surface area contributed by atoms with Crippen LogP contribution in [0.15, 0.2) is 0 Å². The summed E-state index contributed by atoms with van der Waals surface area (Å²) in [6.07, 6.45) is 2.50. The van der Waals surface area contributed by atoms with Crippen LogP contribution in [0, 0.1) is 0 Å². The minimum absolute atomic E-state index is 0.111. The monoisotopic (exact) mass is 338 g/mol.